The number of para-hydroxylation sites is 1. The van der Waals surface area contributed by atoms with E-state index in [1.54, 1.807) is 0 Å². The second kappa shape index (κ2) is 8.82. The lowest BCUT2D eigenvalue weighted by molar-refractivity contribution is -0.117. The van der Waals surface area contributed by atoms with Crippen LogP contribution in [-0.4, -0.2) is 36.7 Å². The van der Waals surface area contributed by atoms with E-state index >= 15 is 0 Å². The lowest BCUT2D eigenvalue weighted by Crippen LogP contribution is -2.34. The van der Waals surface area contributed by atoms with Crippen molar-refractivity contribution >= 4 is 40.3 Å². The number of amides is 1. The third kappa shape index (κ3) is 4.53. The molecule has 6 heteroatoms. The van der Waals surface area contributed by atoms with Crippen molar-refractivity contribution in [1.29, 1.82) is 0 Å². The minimum absolute atomic E-state index is 0.195. The van der Waals surface area contributed by atoms with E-state index in [1.165, 1.54) is 11.3 Å². The summed E-state index contributed by atoms with van der Waals surface area (Å²) >= 11 is 5.46. The number of rotatable bonds is 6. The summed E-state index contributed by atoms with van der Waals surface area (Å²) < 4.78 is 0. The highest BCUT2D eigenvalue weighted by atomic mass is 32.1. The van der Waals surface area contributed by atoms with Gasteiger partial charge in [-0.15, -0.1) is 0 Å². The number of carbonyl (C=O) groups excluding carboxylic acids is 1. The van der Waals surface area contributed by atoms with Gasteiger partial charge in [0.15, 0.2) is 5.11 Å². The first-order valence-corrected chi connectivity index (χ1v) is 10.8. The van der Waals surface area contributed by atoms with Gasteiger partial charge in [-0.05, 0) is 68.2 Å². The highest BCUT2D eigenvalue weighted by Crippen LogP contribution is 2.31. The Balaban J connectivity index is 1.24. The van der Waals surface area contributed by atoms with Crippen molar-refractivity contribution in [1.82, 2.24) is 5.32 Å². The second-order valence-corrected chi connectivity index (χ2v) is 8.22. The maximum absolute atomic E-state index is 12.0. The number of hydrogen-bond donors (Lipinski definition) is 2. The standard InChI is InChI=1S/C23H28N4OS/c1-17-15-18-7-2-3-10-21(18)26(17)14-6-12-24-23(29)25-19-8-4-9-20(16-19)27-13-5-11-22(27)28/h2-4,7-10,16-17H,5-6,11-15H2,1H3,(H2,24,25,29)/t17-/m0/s1. The van der Waals surface area contributed by atoms with Crippen LogP contribution in [0.4, 0.5) is 17.1 Å². The minimum Gasteiger partial charge on any atom is -0.368 e. The van der Waals surface area contributed by atoms with Gasteiger partial charge in [0.25, 0.3) is 0 Å². The molecule has 0 saturated carbocycles. The van der Waals surface area contributed by atoms with Gasteiger partial charge in [0.1, 0.15) is 0 Å². The monoisotopic (exact) mass is 408 g/mol. The molecule has 1 atom stereocenters. The fraction of sp³-hybridized carbons (Fsp3) is 0.391. The molecular formula is C23H28N4OS. The van der Waals surface area contributed by atoms with Gasteiger partial charge in [0, 0.05) is 49.2 Å². The molecule has 0 bridgehead atoms. The molecule has 1 saturated heterocycles. The van der Waals surface area contributed by atoms with Crippen molar-refractivity contribution < 1.29 is 4.79 Å². The van der Waals surface area contributed by atoms with Crippen molar-refractivity contribution in [2.45, 2.75) is 38.6 Å². The van der Waals surface area contributed by atoms with Crippen molar-refractivity contribution in [2.24, 2.45) is 0 Å². The van der Waals surface area contributed by atoms with E-state index in [4.69, 9.17) is 12.2 Å². The fourth-order valence-electron chi connectivity index (χ4n) is 4.27. The van der Waals surface area contributed by atoms with Crippen LogP contribution >= 0.6 is 12.2 Å². The summed E-state index contributed by atoms with van der Waals surface area (Å²) in [4.78, 5) is 16.3. The van der Waals surface area contributed by atoms with E-state index in [0.29, 0.717) is 17.6 Å². The first kappa shape index (κ1) is 19.7. The molecule has 2 aromatic rings. The Morgan fingerprint density at radius 2 is 2.07 bits per heavy atom. The van der Waals surface area contributed by atoms with Crippen LogP contribution in [0.2, 0.25) is 0 Å². The van der Waals surface area contributed by atoms with E-state index in [1.807, 2.05) is 29.2 Å². The Labute approximate surface area is 178 Å². The summed E-state index contributed by atoms with van der Waals surface area (Å²) in [6, 6.07) is 17.1. The third-order valence-corrected chi connectivity index (χ3v) is 5.95. The highest BCUT2D eigenvalue weighted by molar-refractivity contribution is 7.80. The molecule has 0 radical (unpaired) electrons. The Bertz CT molecular complexity index is 900. The lowest BCUT2D eigenvalue weighted by Gasteiger charge is -2.25. The highest BCUT2D eigenvalue weighted by Gasteiger charge is 2.24. The molecule has 1 amide bonds. The van der Waals surface area contributed by atoms with Gasteiger partial charge >= 0.3 is 0 Å². The van der Waals surface area contributed by atoms with Crippen LogP contribution in [0.25, 0.3) is 0 Å². The van der Waals surface area contributed by atoms with Crippen molar-refractivity contribution in [3.8, 4) is 0 Å². The third-order valence-electron chi connectivity index (χ3n) is 5.70. The average Bonchev–Trinajstić information content (AvgIpc) is 3.28. The quantitative estimate of drug-likeness (QED) is 0.560. The van der Waals surface area contributed by atoms with Crippen LogP contribution in [0, 0.1) is 0 Å². The van der Waals surface area contributed by atoms with Crippen LogP contribution in [0.15, 0.2) is 48.5 Å². The molecule has 0 aromatic heterocycles. The maximum Gasteiger partial charge on any atom is 0.227 e. The van der Waals surface area contributed by atoms with Gasteiger partial charge < -0.3 is 20.4 Å². The number of nitrogens with zero attached hydrogens (tertiary/aromatic N) is 2. The zero-order valence-electron chi connectivity index (χ0n) is 16.9. The van der Waals surface area contributed by atoms with E-state index in [2.05, 4.69) is 46.7 Å². The molecule has 2 heterocycles. The Morgan fingerprint density at radius 3 is 2.90 bits per heavy atom. The van der Waals surface area contributed by atoms with Crippen molar-refractivity contribution in [3.05, 3.63) is 54.1 Å². The number of hydrogen-bond acceptors (Lipinski definition) is 3. The van der Waals surface area contributed by atoms with Gasteiger partial charge in [0.05, 0.1) is 0 Å². The van der Waals surface area contributed by atoms with Gasteiger partial charge in [-0.2, -0.15) is 0 Å². The maximum atomic E-state index is 12.0. The Hall–Kier alpha value is -2.60. The van der Waals surface area contributed by atoms with Crippen LogP contribution < -0.4 is 20.4 Å². The van der Waals surface area contributed by atoms with Gasteiger partial charge in [0.2, 0.25) is 5.91 Å². The molecule has 2 aliphatic rings. The zero-order chi connectivity index (χ0) is 20.2. The first-order valence-electron chi connectivity index (χ1n) is 10.4. The van der Waals surface area contributed by atoms with E-state index < -0.39 is 0 Å². The number of thiocarbonyl (C=S) groups is 1. The molecule has 152 valence electrons. The Kier molecular flexibility index (Phi) is 6.00. The largest absolute Gasteiger partial charge is 0.368 e. The normalized spacial score (nSPS) is 18.1. The average molecular weight is 409 g/mol. The first-order chi connectivity index (χ1) is 14.1. The number of benzene rings is 2. The molecule has 2 aromatic carbocycles. The van der Waals surface area contributed by atoms with Gasteiger partial charge in [-0.25, -0.2) is 0 Å². The zero-order valence-corrected chi connectivity index (χ0v) is 17.7. The van der Waals surface area contributed by atoms with Gasteiger partial charge in [-0.1, -0.05) is 24.3 Å². The van der Waals surface area contributed by atoms with Crippen molar-refractivity contribution in [2.75, 3.05) is 34.8 Å². The summed E-state index contributed by atoms with van der Waals surface area (Å²) in [5.41, 5.74) is 4.65. The molecule has 2 N–H and O–H groups in total. The number of nitrogens with one attached hydrogen (secondary N) is 2. The number of carbonyl (C=O) groups is 1. The molecule has 2 aliphatic heterocycles. The van der Waals surface area contributed by atoms with E-state index in [-0.39, 0.29) is 5.91 Å². The second-order valence-electron chi connectivity index (χ2n) is 7.81. The fourth-order valence-corrected chi connectivity index (χ4v) is 4.49. The molecular weight excluding hydrogens is 380 g/mol. The van der Waals surface area contributed by atoms with Crippen LogP contribution in [0.1, 0.15) is 31.7 Å². The molecule has 29 heavy (non-hydrogen) atoms. The summed E-state index contributed by atoms with van der Waals surface area (Å²) in [5, 5.41) is 7.16. The molecule has 4 rings (SSSR count). The van der Waals surface area contributed by atoms with Crippen LogP contribution in [-0.2, 0) is 11.2 Å². The minimum atomic E-state index is 0.195. The van der Waals surface area contributed by atoms with Crippen LogP contribution in [0.5, 0.6) is 0 Å². The smallest absolute Gasteiger partial charge is 0.227 e. The molecule has 0 aliphatic carbocycles. The van der Waals surface area contributed by atoms with E-state index in [9.17, 15) is 4.79 Å². The molecule has 0 unspecified atom stereocenters. The lowest BCUT2D eigenvalue weighted by atomic mass is 10.1. The molecule has 5 nitrogen and oxygen atoms in total. The molecule has 1 fully saturated rings. The number of fused-ring (bicyclic) bond motifs is 1. The number of anilines is 3. The molecule has 0 spiro atoms. The topological polar surface area (TPSA) is 47.6 Å². The Morgan fingerprint density at radius 1 is 1.21 bits per heavy atom. The summed E-state index contributed by atoms with van der Waals surface area (Å²) in [7, 11) is 0. The SMILES string of the molecule is C[C@H]1Cc2ccccc2N1CCCNC(=S)Nc1cccc(N2CCCC2=O)c1. The predicted molar refractivity (Wildman–Crippen MR) is 124 cm³/mol. The predicted octanol–water partition coefficient (Wildman–Crippen LogP) is 3.94. The van der Waals surface area contributed by atoms with Crippen LogP contribution in [0.3, 0.4) is 0 Å². The van der Waals surface area contributed by atoms with E-state index in [0.717, 1.165) is 50.3 Å². The van der Waals surface area contributed by atoms with Crippen molar-refractivity contribution in [3.63, 3.8) is 0 Å². The summed E-state index contributed by atoms with van der Waals surface area (Å²) in [6.45, 7) is 4.92. The van der Waals surface area contributed by atoms with Gasteiger partial charge in [-0.3, -0.25) is 4.79 Å². The summed E-state index contributed by atoms with van der Waals surface area (Å²) in [6.07, 6.45) is 3.70. The summed E-state index contributed by atoms with van der Waals surface area (Å²) in [5.74, 6) is 0.195.